The molecule has 0 fully saturated rings. The average molecular weight is 283 g/mol. The molecule has 0 amide bonds. The molecule has 1 rings (SSSR count). The number of alkyl halides is 4. The molecule has 0 atom stereocenters. The highest BCUT2D eigenvalue weighted by Gasteiger charge is 2.26. The number of para-hydroxylation sites is 1. The van der Waals surface area contributed by atoms with Crippen LogP contribution in [0.4, 0.5) is 13.2 Å². The topological polar surface area (TPSA) is 18.5 Å². The molecule has 0 heterocycles. The maximum absolute atomic E-state index is 12.0. The molecule has 0 saturated carbocycles. The third kappa shape index (κ3) is 4.64. The normalized spacial score (nSPS) is 11.4. The van der Waals surface area contributed by atoms with Crippen molar-refractivity contribution in [3.05, 3.63) is 23.8 Å². The van der Waals surface area contributed by atoms with Crippen LogP contribution in [-0.4, -0.2) is 19.9 Å². The van der Waals surface area contributed by atoms with Gasteiger partial charge in [-0.15, -0.1) is 11.6 Å². The van der Waals surface area contributed by atoms with Crippen molar-refractivity contribution in [1.29, 1.82) is 0 Å². The summed E-state index contributed by atoms with van der Waals surface area (Å²) in [5.74, 6) is 1.10. The maximum Gasteiger partial charge on any atom is 0.389 e. The summed E-state index contributed by atoms with van der Waals surface area (Å²) in [5.41, 5.74) is 0.697. The number of ether oxygens (including phenoxy) is 2. The minimum atomic E-state index is -4.15. The van der Waals surface area contributed by atoms with Crippen LogP contribution in [0.15, 0.2) is 18.2 Å². The van der Waals surface area contributed by atoms with Crippen molar-refractivity contribution in [2.45, 2.75) is 24.9 Å². The Morgan fingerprint density at radius 3 is 2.56 bits per heavy atom. The highest BCUT2D eigenvalue weighted by molar-refractivity contribution is 6.17. The Morgan fingerprint density at radius 1 is 1.28 bits per heavy atom. The molecule has 2 nitrogen and oxygen atoms in total. The molecule has 18 heavy (non-hydrogen) atoms. The van der Waals surface area contributed by atoms with Gasteiger partial charge in [0.15, 0.2) is 11.5 Å². The molecule has 1 aromatic carbocycles. The van der Waals surface area contributed by atoms with Crippen molar-refractivity contribution in [2.24, 2.45) is 0 Å². The quantitative estimate of drug-likeness (QED) is 0.576. The lowest BCUT2D eigenvalue weighted by atomic mass is 10.2. The number of rotatable bonds is 6. The second kappa shape index (κ2) is 6.73. The van der Waals surface area contributed by atoms with Gasteiger partial charge in [-0.1, -0.05) is 12.1 Å². The zero-order valence-electron chi connectivity index (χ0n) is 9.89. The number of hydrogen-bond donors (Lipinski definition) is 0. The predicted molar refractivity (Wildman–Crippen MR) is 63.3 cm³/mol. The van der Waals surface area contributed by atoms with Gasteiger partial charge in [-0.25, -0.2) is 0 Å². The molecule has 0 radical (unpaired) electrons. The highest BCUT2D eigenvalue weighted by Crippen LogP contribution is 2.32. The van der Waals surface area contributed by atoms with Gasteiger partial charge in [0.1, 0.15) is 0 Å². The molecule has 0 aliphatic carbocycles. The molecule has 0 aliphatic heterocycles. The highest BCUT2D eigenvalue weighted by atomic mass is 35.5. The first-order valence-electron chi connectivity index (χ1n) is 5.39. The van der Waals surface area contributed by atoms with Crippen molar-refractivity contribution in [3.8, 4) is 11.5 Å². The van der Waals surface area contributed by atoms with Gasteiger partial charge in [0.05, 0.1) is 19.6 Å². The summed E-state index contributed by atoms with van der Waals surface area (Å²) < 4.78 is 46.3. The fourth-order valence-electron chi connectivity index (χ4n) is 1.44. The first kappa shape index (κ1) is 15.0. The van der Waals surface area contributed by atoms with Crippen LogP contribution in [0.25, 0.3) is 0 Å². The molecule has 0 unspecified atom stereocenters. The van der Waals surface area contributed by atoms with Gasteiger partial charge in [-0.3, -0.25) is 0 Å². The SMILES string of the molecule is COc1cccc(CCl)c1OCCCC(F)(F)F. The van der Waals surface area contributed by atoms with E-state index in [0.29, 0.717) is 17.1 Å². The van der Waals surface area contributed by atoms with E-state index in [1.807, 2.05) is 0 Å². The Hall–Kier alpha value is -1.10. The fourth-order valence-corrected chi connectivity index (χ4v) is 1.65. The smallest absolute Gasteiger partial charge is 0.389 e. The molecular formula is C12H14ClF3O2. The largest absolute Gasteiger partial charge is 0.493 e. The Kier molecular flexibility index (Phi) is 5.59. The van der Waals surface area contributed by atoms with E-state index in [2.05, 4.69) is 0 Å². The summed E-state index contributed by atoms with van der Waals surface area (Å²) in [4.78, 5) is 0. The van der Waals surface area contributed by atoms with E-state index in [0.717, 1.165) is 0 Å². The third-order valence-corrected chi connectivity index (χ3v) is 2.56. The van der Waals surface area contributed by atoms with Gasteiger partial charge in [0.25, 0.3) is 0 Å². The summed E-state index contributed by atoms with van der Waals surface area (Å²) in [6.07, 6.45) is -5.11. The summed E-state index contributed by atoms with van der Waals surface area (Å²) in [6.45, 7) is -0.0240. The number of benzene rings is 1. The summed E-state index contributed by atoms with van der Waals surface area (Å²) >= 11 is 5.73. The molecule has 0 aliphatic rings. The third-order valence-electron chi connectivity index (χ3n) is 2.28. The Bertz CT molecular complexity index is 358. The average Bonchev–Trinajstić information content (AvgIpc) is 2.33. The van der Waals surface area contributed by atoms with E-state index in [-0.39, 0.29) is 18.9 Å². The van der Waals surface area contributed by atoms with Gasteiger partial charge in [0, 0.05) is 12.0 Å². The number of hydrogen-bond acceptors (Lipinski definition) is 2. The first-order valence-corrected chi connectivity index (χ1v) is 5.93. The summed E-state index contributed by atoms with van der Waals surface area (Å²) in [7, 11) is 1.47. The Labute approximate surface area is 109 Å². The van der Waals surface area contributed by atoms with Crippen LogP contribution < -0.4 is 9.47 Å². The lowest BCUT2D eigenvalue weighted by molar-refractivity contribution is -0.136. The standard InChI is InChI=1S/C12H14ClF3O2/c1-17-10-5-2-4-9(8-13)11(10)18-7-3-6-12(14,15)16/h2,4-5H,3,6-8H2,1H3. The predicted octanol–water partition coefficient (Wildman–Crippen LogP) is 4.16. The maximum atomic E-state index is 12.0. The summed E-state index contributed by atoms with van der Waals surface area (Å²) in [6, 6.07) is 5.17. The van der Waals surface area contributed by atoms with Crippen molar-refractivity contribution >= 4 is 11.6 Å². The van der Waals surface area contributed by atoms with E-state index >= 15 is 0 Å². The van der Waals surface area contributed by atoms with Crippen molar-refractivity contribution in [2.75, 3.05) is 13.7 Å². The minimum absolute atomic E-state index is 0.0240. The van der Waals surface area contributed by atoms with Gasteiger partial charge >= 0.3 is 6.18 Å². The van der Waals surface area contributed by atoms with E-state index in [4.69, 9.17) is 21.1 Å². The molecule has 102 valence electrons. The van der Waals surface area contributed by atoms with Crippen LogP contribution in [0, 0.1) is 0 Å². The zero-order chi connectivity index (χ0) is 13.6. The second-order valence-corrected chi connectivity index (χ2v) is 3.92. The van der Waals surface area contributed by atoms with Crippen LogP contribution in [0.2, 0.25) is 0 Å². The molecule has 0 spiro atoms. The summed E-state index contributed by atoms with van der Waals surface area (Å²) in [5, 5.41) is 0. The van der Waals surface area contributed by atoms with Crippen molar-refractivity contribution in [1.82, 2.24) is 0 Å². The lowest BCUT2D eigenvalue weighted by Gasteiger charge is -2.14. The van der Waals surface area contributed by atoms with Gasteiger partial charge < -0.3 is 9.47 Å². The fraction of sp³-hybridized carbons (Fsp3) is 0.500. The van der Waals surface area contributed by atoms with Gasteiger partial charge in [-0.05, 0) is 12.5 Å². The van der Waals surface area contributed by atoms with Gasteiger partial charge in [-0.2, -0.15) is 13.2 Å². The molecule has 0 aromatic heterocycles. The number of methoxy groups -OCH3 is 1. The van der Waals surface area contributed by atoms with E-state index in [1.165, 1.54) is 7.11 Å². The number of halogens is 4. The second-order valence-electron chi connectivity index (χ2n) is 3.65. The van der Waals surface area contributed by atoms with E-state index < -0.39 is 12.6 Å². The minimum Gasteiger partial charge on any atom is -0.493 e. The molecular weight excluding hydrogens is 269 g/mol. The van der Waals surface area contributed by atoms with Crippen molar-refractivity contribution in [3.63, 3.8) is 0 Å². The lowest BCUT2D eigenvalue weighted by Crippen LogP contribution is -2.10. The molecule has 0 N–H and O–H groups in total. The monoisotopic (exact) mass is 282 g/mol. The van der Waals surface area contributed by atoms with Crippen LogP contribution in [0.3, 0.4) is 0 Å². The van der Waals surface area contributed by atoms with E-state index in [9.17, 15) is 13.2 Å². The Balaban J connectivity index is 2.60. The molecule has 1 aromatic rings. The van der Waals surface area contributed by atoms with Crippen LogP contribution in [-0.2, 0) is 5.88 Å². The molecule has 0 bridgehead atoms. The van der Waals surface area contributed by atoms with E-state index in [1.54, 1.807) is 18.2 Å². The first-order chi connectivity index (χ1) is 8.48. The van der Waals surface area contributed by atoms with Crippen LogP contribution in [0.1, 0.15) is 18.4 Å². The zero-order valence-corrected chi connectivity index (χ0v) is 10.6. The van der Waals surface area contributed by atoms with Gasteiger partial charge in [0.2, 0.25) is 0 Å². The molecule has 0 saturated heterocycles. The van der Waals surface area contributed by atoms with Crippen LogP contribution >= 0.6 is 11.6 Å². The van der Waals surface area contributed by atoms with Crippen molar-refractivity contribution < 1.29 is 22.6 Å². The Morgan fingerprint density at radius 2 is 2.00 bits per heavy atom. The molecule has 6 heteroatoms. The van der Waals surface area contributed by atoms with Crippen LogP contribution in [0.5, 0.6) is 11.5 Å².